The first kappa shape index (κ1) is 27.0. The van der Waals surface area contributed by atoms with Gasteiger partial charge in [0.15, 0.2) is 29.1 Å². The molecule has 37 heavy (non-hydrogen) atoms. The second-order valence-corrected chi connectivity index (χ2v) is 8.20. The molecule has 196 valence electrons. The van der Waals surface area contributed by atoms with E-state index < -0.39 is 66.2 Å². The van der Waals surface area contributed by atoms with Crippen LogP contribution in [0, 0.1) is 5.92 Å². The molecular weight excluding hydrogens is 492 g/mol. The Hall–Kier alpha value is -4.55. The van der Waals surface area contributed by atoms with Crippen LogP contribution in [0.25, 0.3) is 12.2 Å². The molecule has 1 saturated carbocycles. The summed E-state index contributed by atoms with van der Waals surface area (Å²) in [4.78, 5) is 36.2. The molecule has 2 aromatic rings. The highest BCUT2D eigenvalue weighted by atomic mass is 16.6. The summed E-state index contributed by atoms with van der Waals surface area (Å²) in [7, 11) is 0. The van der Waals surface area contributed by atoms with Crippen molar-refractivity contribution in [1.82, 2.24) is 0 Å². The number of phenols is 4. The zero-order valence-corrected chi connectivity index (χ0v) is 19.0. The van der Waals surface area contributed by atoms with Crippen LogP contribution in [0.4, 0.5) is 0 Å². The van der Waals surface area contributed by atoms with Crippen molar-refractivity contribution in [2.45, 2.75) is 30.8 Å². The van der Waals surface area contributed by atoms with Crippen molar-refractivity contribution in [3.63, 3.8) is 0 Å². The molecule has 1 unspecified atom stereocenters. The van der Waals surface area contributed by atoms with Crippen LogP contribution in [0.3, 0.4) is 0 Å². The first-order valence-corrected chi connectivity index (χ1v) is 10.9. The topological polar surface area (TPSA) is 211 Å². The largest absolute Gasteiger partial charge is 0.504 e. The number of aliphatic carboxylic acids is 1. The molecule has 0 radical (unpaired) electrons. The summed E-state index contributed by atoms with van der Waals surface area (Å²) in [5.74, 6) is -6.64. The highest BCUT2D eigenvalue weighted by Crippen LogP contribution is 2.31. The van der Waals surface area contributed by atoms with Crippen molar-refractivity contribution < 1.29 is 59.6 Å². The first-order valence-electron chi connectivity index (χ1n) is 10.9. The maximum absolute atomic E-state index is 12.3. The third-order valence-corrected chi connectivity index (χ3v) is 5.61. The van der Waals surface area contributed by atoms with E-state index in [0.717, 1.165) is 18.2 Å². The number of aliphatic hydroxyl groups excluding tert-OH is 2. The van der Waals surface area contributed by atoms with E-state index in [1.807, 2.05) is 0 Å². The minimum Gasteiger partial charge on any atom is -0.504 e. The number of hydrogen-bond acceptors (Lipinski definition) is 11. The molecule has 3 rings (SSSR count). The Morgan fingerprint density at radius 1 is 0.730 bits per heavy atom. The van der Waals surface area contributed by atoms with Crippen LogP contribution in [0.1, 0.15) is 17.5 Å². The molecule has 1 aliphatic rings. The standard InChI is InChI=1S/C25H24O12/c26-15-5-1-12(9-17(15)28)3-7-20(30)36-19-11-14(25(34)35)22(32)24(23(19)33)37-21(31)8-4-13-2-6-16(27)18(29)10-13/h1-10,14,19,22-24,26-29,32-33H,11H2,(H,34,35)/b7-3+,8-4+/t14?,19-,22+,23-,24-/m1/s1. The highest BCUT2D eigenvalue weighted by Gasteiger charge is 2.49. The van der Waals surface area contributed by atoms with Crippen molar-refractivity contribution in [3.8, 4) is 23.0 Å². The first-order chi connectivity index (χ1) is 17.5. The maximum Gasteiger partial charge on any atom is 0.331 e. The third-order valence-electron chi connectivity index (χ3n) is 5.61. The van der Waals surface area contributed by atoms with Crippen molar-refractivity contribution >= 4 is 30.1 Å². The van der Waals surface area contributed by atoms with Gasteiger partial charge in [0.05, 0.1) is 5.92 Å². The fourth-order valence-electron chi connectivity index (χ4n) is 3.65. The van der Waals surface area contributed by atoms with E-state index in [9.17, 15) is 50.1 Å². The van der Waals surface area contributed by atoms with Gasteiger partial charge >= 0.3 is 17.9 Å². The molecule has 0 aliphatic heterocycles. The number of ether oxygens (including phenoxy) is 2. The minimum absolute atomic E-state index is 0.306. The van der Waals surface area contributed by atoms with E-state index in [1.165, 1.54) is 42.5 Å². The Bertz CT molecular complexity index is 1230. The van der Waals surface area contributed by atoms with Crippen molar-refractivity contribution in [1.29, 1.82) is 0 Å². The Balaban J connectivity index is 1.71. The lowest BCUT2D eigenvalue weighted by Crippen LogP contribution is -2.57. The van der Waals surface area contributed by atoms with Crippen LogP contribution in [0.2, 0.25) is 0 Å². The molecule has 0 amide bonds. The number of carboxylic acid groups (broad SMARTS) is 1. The van der Waals surface area contributed by atoms with Crippen LogP contribution in [0.5, 0.6) is 23.0 Å². The Morgan fingerprint density at radius 3 is 1.68 bits per heavy atom. The van der Waals surface area contributed by atoms with Gasteiger partial charge in [-0.1, -0.05) is 12.1 Å². The molecule has 7 N–H and O–H groups in total. The number of aromatic hydroxyl groups is 4. The molecule has 2 aromatic carbocycles. The average Bonchev–Trinajstić information content (AvgIpc) is 2.84. The predicted octanol–water partition coefficient (Wildman–Crippen LogP) is 0.885. The number of carboxylic acids is 1. The van der Waals surface area contributed by atoms with Crippen LogP contribution in [-0.4, -0.2) is 78.1 Å². The Kier molecular flexibility index (Phi) is 8.37. The van der Waals surface area contributed by atoms with E-state index in [4.69, 9.17) is 9.47 Å². The van der Waals surface area contributed by atoms with E-state index in [-0.39, 0.29) is 11.5 Å². The predicted molar refractivity (Wildman–Crippen MR) is 125 cm³/mol. The molecule has 12 heteroatoms. The lowest BCUT2D eigenvalue weighted by Gasteiger charge is -2.39. The smallest absolute Gasteiger partial charge is 0.331 e. The summed E-state index contributed by atoms with van der Waals surface area (Å²) in [6.07, 6.45) is -2.97. The van der Waals surface area contributed by atoms with Gasteiger partial charge in [0.1, 0.15) is 18.3 Å². The molecule has 1 fully saturated rings. The van der Waals surface area contributed by atoms with Gasteiger partial charge in [0, 0.05) is 18.6 Å². The van der Waals surface area contributed by atoms with Crippen molar-refractivity contribution in [2.75, 3.05) is 0 Å². The van der Waals surface area contributed by atoms with Gasteiger partial charge in [-0.05, 0) is 47.5 Å². The molecular formula is C25H24O12. The van der Waals surface area contributed by atoms with Gasteiger partial charge in [-0.3, -0.25) is 4.79 Å². The van der Waals surface area contributed by atoms with Crippen molar-refractivity contribution in [2.24, 2.45) is 5.92 Å². The van der Waals surface area contributed by atoms with Gasteiger partial charge in [-0.2, -0.15) is 0 Å². The van der Waals surface area contributed by atoms with Gasteiger partial charge in [0.2, 0.25) is 0 Å². The van der Waals surface area contributed by atoms with Crippen LogP contribution < -0.4 is 0 Å². The van der Waals surface area contributed by atoms with E-state index in [0.29, 0.717) is 11.1 Å². The van der Waals surface area contributed by atoms with Crippen LogP contribution in [0.15, 0.2) is 48.6 Å². The summed E-state index contributed by atoms with van der Waals surface area (Å²) in [5, 5.41) is 68.2. The second-order valence-electron chi connectivity index (χ2n) is 8.20. The van der Waals surface area contributed by atoms with Gasteiger partial charge in [0.25, 0.3) is 0 Å². The summed E-state index contributed by atoms with van der Waals surface area (Å²) in [5.41, 5.74) is 0.636. The molecule has 12 nitrogen and oxygen atoms in total. The fourth-order valence-corrected chi connectivity index (χ4v) is 3.65. The number of rotatable bonds is 7. The van der Waals surface area contributed by atoms with E-state index in [2.05, 4.69) is 0 Å². The molecule has 0 saturated heterocycles. The number of phenolic OH excluding ortho intramolecular Hbond substituents is 4. The van der Waals surface area contributed by atoms with Gasteiger partial charge in [-0.25, -0.2) is 9.59 Å². The third kappa shape index (κ3) is 6.78. The maximum atomic E-state index is 12.3. The van der Waals surface area contributed by atoms with E-state index >= 15 is 0 Å². The SMILES string of the molecule is O=C(/C=C/c1ccc(O)c(O)c1)O[C@H]1[C@H](O)[C@H](OC(=O)/C=C/c2ccc(O)c(O)c2)CC(C(=O)O)[C@@H]1O. The van der Waals surface area contributed by atoms with Gasteiger partial charge in [-0.15, -0.1) is 0 Å². The molecule has 1 aliphatic carbocycles. The normalized spacial score (nSPS) is 23.7. The molecule has 0 aromatic heterocycles. The number of benzene rings is 2. The van der Waals surface area contributed by atoms with Crippen LogP contribution in [-0.2, 0) is 23.9 Å². The minimum atomic E-state index is -1.81. The number of esters is 2. The summed E-state index contributed by atoms with van der Waals surface area (Å²) in [6.45, 7) is 0. The summed E-state index contributed by atoms with van der Waals surface area (Å²) >= 11 is 0. The highest BCUT2D eigenvalue weighted by molar-refractivity contribution is 5.88. The summed E-state index contributed by atoms with van der Waals surface area (Å²) in [6, 6.07) is 7.49. The lowest BCUT2D eigenvalue weighted by molar-refractivity contribution is -0.202. The van der Waals surface area contributed by atoms with Gasteiger partial charge < -0.3 is 45.2 Å². The van der Waals surface area contributed by atoms with Crippen molar-refractivity contribution in [3.05, 3.63) is 59.7 Å². The molecule has 0 bridgehead atoms. The number of carbonyl (C=O) groups is 3. The monoisotopic (exact) mass is 516 g/mol. The second kappa shape index (κ2) is 11.5. The Morgan fingerprint density at radius 2 is 1.22 bits per heavy atom. The summed E-state index contributed by atoms with van der Waals surface area (Å²) < 4.78 is 10.2. The number of hydrogen-bond donors (Lipinski definition) is 7. The lowest BCUT2D eigenvalue weighted by atomic mass is 9.80. The zero-order valence-electron chi connectivity index (χ0n) is 19.0. The fraction of sp³-hybridized carbons (Fsp3) is 0.240. The number of aliphatic hydroxyl groups is 2. The molecule has 5 atom stereocenters. The number of carbonyl (C=O) groups excluding carboxylic acids is 2. The Labute approximate surface area is 209 Å². The quantitative estimate of drug-likeness (QED) is 0.155. The molecule has 0 spiro atoms. The van der Waals surface area contributed by atoms with E-state index in [1.54, 1.807) is 0 Å². The average molecular weight is 516 g/mol. The van der Waals surface area contributed by atoms with Crippen LogP contribution >= 0.6 is 0 Å². The zero-order chi connectivity index (χ0) is 27.3. The molecule has 0 heterocycles.